The number of amides is 1. The number of nitrogens with one attached hydrogen (secondary N) is 1. The summed E-state index contributed by atoms with van der Waals surface area (Å²) in [6.45, 7) is 1.62. The second-order valence-electron chi connectivity index (χ2n) is 5.54. The Morgan fingerprint density at radius 1 is 1.15 bits per heavy atom. The van der Waals surface area contributed by atoms with Gasteiger partial charge in [0.25, 0.3) is 0 Å². The van der Waals surface area contributed by atoms with Crippen LogP contribution in [0, 0.1) is 0 Å². The molecule has 1 N–H and O–H groups in total. The Morgan fingerprint density at radius 2 is 1.85 bits per heavy atom. The number of benzene rings is 2. The summed E-state index contributed by atoms with van der Waals surface area (Å²) in [4.78, 5) is 23.9. The Morgan fingerprint density at radius 3 is 2.50 bits per heavy atom. The van der Waals surface area contributed by atoms with Crippen LogP contribution in [0.3, 0.4) is 0 Å². The molecule has 0 heterocycles. The lowest BCUT2D eigenvalue weighted by Gasteiger charge is -2.12. The van der Waals surface area contributed by atoms with Crippen LogP contribution in [-0.4, -0.2) is 25.0 Å². The minimum Gasteiger partial charge on any atom is -0.497 e. The molecule has 6 heteroatoms. The second kappa shape index (κ2) is 9.63. The van der Waals surface area contributed by atoms with E-state index < -0.39 is 12.0 Å². The summed E-state index contributed by atoms with van der Waals surface area (Å²) in [5.41, 5.74) is 1.55. The van der Waals surface area contributed by atoms with Gasteiger partial charge < -0.3 is 14.8 Å². The molecule has 0 aliphatic rings. The fourth-order valence-corrected chi connectivity index (χ4v) is 2.29. The monoisotopic (exact) mass is 373 g/mol. The van der Waals surface area contributed by atoms with Gasteiger partial charge in [-0.05, 0) is 36.8 Å². The fourth-order valence-electron chi connectivity index (χ4n) is 2.10. The van der Waals surface area contributed by atoms with Gasteiger partial charge in [-0.25, -0.2) is 4.79 Å². The van der Waals surface area contributed by atoms with Gasteiger partial charge in [0.2, 0.25) is 5.91 Å². The summed E-state index contributed by atoms with van der Waals surface area (Å²) in [5, 5.41) is 3.09. The van der Waals surface area contributed by atoms with Gasteiger partial charge in [0.05, 0.1) is 7.11 Å². The molecule has 0 fully saturated rings. The number of carbonyl (C=O) groups is 2. The largest absolute Gasteiger partial charge is 0.497 e. The second-order valence-corrected chi connectivity index (χ2v) is 5.94. The summed E-state index contributed by atoms with van der Waals surface area (Å²) < 4.78 is 10.3. The molecular weight excluding hydrogens is 354 g/mol. The minimum absolute atomic E-state index is 0.0560. The highest BCUT2D eigenvalue weighted by Gasteiger charge is 2.16. The smallest absolute Gasteiger partial charge is 0.328 e. The van der Waals surface area contributed by atoms with Crippen LogP contribution >= 0.6 is 11.6 Å². The van der Waals surface area contributed by atoms with Gasteiger partial charge in [0.1, 0.15) is 18.4 Å². The first-order chi connectivity index (χ1) is 12.5. The molecule has 0 unspecified atom stereocenters. The van der Waals surface area contributed by atoms with Crippen molar-refractivity contribution in [3.8, 4) is 5.75 Å². The van der Waals surface area contributed by atoms with E-state index in [1.54, 1.807) is 50.4 Å². The van der Waals surface area contributed by atoms with Crippen LogP contribution in [0.1, 0.15) is 18.1 Å². The molecule has 2 aromatic rings. The predicted octanol–water partition coefficient (Wildman–Crippen LogP) is 3.61. The van der Waals surface area contributed by atoms with E-state index in [9.17, 15) is 9.59 Å². The maximum Gasteiger partial charge on any atom is 0.328 e. The van der Waals surface area contributed by atoms with E-state index in [1.807, 2.05) is 18.2 Å². The number of hydrogen-bond acceptors (Lipinski definition) is 4. The van der Waals surface area contributed by atoms with Gasteiger partial charge in [0, 0.05) is 16.7 Å². The van der Waals surface area contributed by atoms with Gasteiger partial charge in [-0.3, -0.25) is 4.79 Å². The van der Waals surface area contributed by atoms with Gasteiger partial charge in [-0.1, -0.05) is 41.9 Å². The van der Waals surface area contributed by atoms with Crippen LogP contribution in [0.4, 0.5) is 0 Å². The number of hydrogen-bond donors (Lipinski definition) is 1. The molecular formula is C20H20ClNO4. The van der Waals surface area contributed by atoms with Crippen molar-refractivity contribution in [2.75, 3.05) is 7.11 Å². The Kier molecular flexibility index (Phi) is 7.24. The lowest BCUT2D eigenvalue weighted by Crippen LogP contribution is -2.38. The van der Waals surface area contributed by atoms with Crippen LogP contribution in [0.5, 0.6) is 5.75 Å². The molecule has 0 spiro atoms. The van der Waals surface area contributed by atoms with Crippen LogP contribution in [0.15, 0.2) is 54.6 Å². The zero-order chi connectivity index (χ0) is 18.9. The van der Waals surface area contributed by atoms with E-state index in [0.29, 0.717) is 10.6 Å². The Labute approximate surface area is 157 Å². The standard InChI is InChI=1S/C20H20ClNO4/c1-14(20(24)26-13-16-5-3-4-6-18(16)21)22-19(23)12-9-15-7-10-17(25-2)11-8-15/h3-12,14H,13H2,1-2H3,(H,22,23)/t14-/m0/s1. The van der Waals surface area contributed by atoms with E-state index in [0.717, 1.165) is 11.3 Å². The van der Waals surface area contributed by atoms with Crippen molar-refractivity contribution in [2.24, 2.45) is 0 Å². The third kappa shape index (κ3) is 5.93. The molecule has 0 saturated carbocycles. The van der Waals surface area contributed by atoms with Gasteiger partial charge >= 0.3 is 5.97 Å². The fraction of sp³-hybridized carbons (Fsp3) is 0.200. The molecule has 1 amide bonds. The summed E-state index contributed by atoms with van der Waals surface area (Å²) in [5.74, 6) is -0.180. The number of esters is 1. The molecule has 0 aromatic heterocycles. The summed E-state index contributed by atoms with van der Waals surface area (Å²) >= 11 is 6.01. The molecule has 5 nitrogen and oxygen atoms in total. The average molecular weight is 374 g/mol. The summed E-state index contributed by atoms with van der Waals surface area (Å²) in [6.07, 6.45) is 3.01. The number of ether oxygens (including phenoxy) is 2. The minimum atomic E-state index is -0.773. The van der Waals surface area contributed by atoms with Gasteiger partial charge in [-0.15, -0.1) is 0 Å². The zero-order valence-corrected chi connectivity index (χ0v) is 15.3. The lowest BCUT2D eigenvalue weighted by molar-refractivity contribution is -0.148. The quantitative estimate of drug-likeness (QED) is 0.594. The maximum atomic E-state index is 12.0. The SMILES string of the molecule is COc1ccc(C=CC(=O)N[C@@H](C)C(=O)OCc2ccccc2Cl)cc1. The van der Waals surface area contributed by atoms with Crippen molar-refractivity contribution in [2.45, 2.75) is 19.6 Å². The highest BCUT2D eigenvalue weighted by Crippen LogP contribution is 2.16. The average Bonchev–Trinajstić information content (AvgIpc) is 2.65. The van der Waals surface area contributed by atoms with Crippen LogP contribution < -0.4 is 10.1 Å². The topological polar surface area (TPSA) is 64.6 Å². The lowest BCUT2D eigenvalue weighted by atomic mass is 10.2. The van der Waals surface area contributed by atoms with E-state index in [4.69, 9.17) is 21.1 Å². The molecule has 2 rings (SSSR count). The third-order valence-electron chi connectivity index (χ3n) is 3.58. The van der Waals surface area contributed by atoms with E-state index in [2.05, 4.69) is 5.32 Å². The molecule has 136 valence electrons. The summed E-state index contributed by atoms with van der Waals surface area (Å²) in [7, 11) is 1.59. The highest BCUT2D eigenvalue weighted by atomic mass is 35.5. The number of halogens is 1. The first-order valence-corrected chi connectivity index (χ1v) is 8.40. The van der Waals surface area contributed by atoms with E-state index in [1.165, 1.54) is 6.08 Å². The Balaban J connectivity index is 1.82. The van der Waals surface area contributed by atoms with Crippen LogP contribution in [0.2, 0.25) is 5.02 Å². The first-order valence-electron chi connectivity index (χ1n) is 8.02. The molecule has 0 saturated heterocycles. The van der Waals surface area contributed by atoms with Crippen LogP contribution in [-0.2, 0) is 20.9 Å². The van der Waals surface area contributed by atoms with E-state index >= 15 is 0 Å². The molecule has 0 aliphatic carbocycles. The zero-order valence-electron chi connectivity index (χ0n) is 14.6. The molecule has 0 radical (unpaired) electrons. The number of carbonyl (C=O) groups excluding carboxylic acids is 2. The molecule has 26 heavy (non-hydrogen) atoms. The van der Waals surface area contributed by atoms with Crippen molar-refractivity contribution in [1.82, 2.24) is 5.32 Å². The Hall–Kier alpha value is -2.79. The van der Waals surface area contributed by atoms with E-state index in [-0.39, 0.29) is 12.5 Å². The van der Waals surface area contributed by atoms with Gasteiger partial charge in [0.15, 0.2) is 0 Å². The molecule has 0 aliphatic heterocycles. The van der Waals surface area contributed by atoms with Gasteiger partial charge in [-0.2, -0.15) is 0 Å². The molecule has 1 atom stereocenters. The van der Waals surface area contributed by atoms with Crippen molar-refractivity contribution in [3.63, 3.8) is 0 Å². The predicted molar refractivity (Wildman–Crippen MR) is 101 cm³/mol. The maximum absolute atomic E-state index is 12.0. The number of methoxy groups -OCH3 is 1. The normalized spacial score (nSPS) is 11.8. The Bertz CT molecular complexity index is 787. The van der Waals surface area contributed by atoms with Crippen molar-refractivity contribution in [3.05, 3.63) is 70.8 Å². The molecule has 2 aromatic carbocycles. The molecule has 0 bridgehead atoms. The highest BCUT2D eigenvalue weighted by molar-refractivity contribution is 6.31. The van der Waals surface area contributed by atoms with Crippen molar-refractivity contribution in [1.29, 1.82) is 0 Å². The third-order valence-corrected chi connectivity index (χ3v) is 3.95. The van der Waals surface area contributed by atoms with Crippen LogP contribution in [0.25, 0.3) is 6.08 Å². The van der Waals surface area contributed by atoms with Crippen molar-refractivity contribution >= 4 is 29.6 Å². The van der Waals surface area contributed by atoms with Crippen molar-refractivity contribution < 1.29 is 19.1 Å². The first kappa shape index (κ1) is 19.5. The number of rotatable bonds is 7. The summed E-state index contributed by atoms with van der Waals surface area (Å²) in [6, 6.07) is 13.6.